The molecule has 0 bridgehead atoms. The number of anilines is 1. The van der Waals surface area contributed by atoms with Gasteiger partial charge in [-0.15, -0.1) is 0 Å². The third kappa shape index (κ3) is 3.72. The number of hydrogen-bond acceptors (Lipinski definition) is 4. The van der Waals surface area contributed by atoms with Crippen LogP contribution in [0.25, 0.3) is 10.8 Å². The third-order valence-electron chi connectivity index (χ3n) is 5.69. The molecule has 4 aromatic carbocycles. The molecular formula is C27H20N2O4. The van der Waals surface area contributed by atoms with Gasteiger partial charge in [-0.25, -0.2) is 0 Å². The lowest BCUT2D eigenvalue weighted by molar-refractivity contribution is -0.119. The van der Waals surface area contributed by atoms with Crippen LogP contribution in [0.5, 0.6) is 11.5 Å². The molecular weight excluding hydrogens is 416 g/mol. The molecule has 1 aliphatic heterocycles. The highest BCUT2D eigenvalue weighted by atomic mass is 16.5. The van der Waals surface area contributed by atoms with Gasteiger partial charge in [0.15, 0.2) is 0 Å². The zero-order valence-corrected chi connectivity index (χ0v) is 17.8. The average Bonchev–Trinajstić information content (AvgIpc) is 3.10. The first-order valence-electron chi connectivity index (χ1n) is 10.6. The summed E-state index contributed by atoms with van der Waals surface area (Å²) in [6.45, 7) is 1.54. The van der Waals surface area contributed by atoms with Crippen LogP contribution < -0.4 is 10.1 Å². The van der Waals surface area contributed by atoms with Gasteiger partial charge in [0.2, 0.25) is 5.91 Å². The van der Waals surface area contributed by atoms with E-state index in [0.717, 1.165) is 21.4 Å². The van der Waals surface area contributed by atoms with E-state index in [9.17, 15) is 14.4 Å². The van der Waals surface area contributed by atoms with Crippen molar-refractivity contribution in [2.75, 3.05) is 5.32 Å². The van der Waals surface area contributed by atoms with E-state index in [2.05, 4.69) is 5.32 Å². The highest BCUT2D eigenvalue weighted by molar-refractivity contribution is 6.23. The molecule has 5 rings (SSSR count). The fourth-order valence-electron chi connectivity index (χ4n) is 3.94. The van der Waals surface area contributed by atoms with Gasteiger partial charge in [0, 0.05) is 11.1 Å². The van der Waals surface area contributed by atoms with Crippen LogP contribution in [0.4, 0.5) is 5.69 Å². The largest absolute Gasteiger partial charge is 0.457 e. The third-order valence-corrected chi connectivity index (χ3v) is 5.69. The smallest absolute Gasteiger partial charge is 0.262 e. The molecule has 0 saturated carbocycles. The summed E-state index contributed by atoms with van der Waals surface area (Å²) in [5.41, 5.74) is 1.17. The fraction of sp³-hybridized carbons (Fsp3) is 0.0741. The molecule has 0 fully saturated rings. The van der Waals surface area contributed by atoms with E-state index in [1.54, 1.807) is 48.5 Å². The Balaban J connectivity index is 1.28. The molecule has 0 aromatic heterocycles. The van der Waals surface area contributed by atoms with Crippen molar-refractivity contribution >= 4 is 34.2 Å². The maximum Gasteiger partial charge on any atom is 0.262 e. The van der Waals surface area contributed by atoms with E-state index in [-0.39, 0.29) is 0 Å². The highest BCUT2D eigenvalue weighted by Crippen LogP contribution is 2.30. The number of nitrogens with one attached hydrogen (secondary N) is 1. The van der Waals surface area contributed by atoms with Gasteiger partial charge in [-0.05, 0) is 54.8 Å². The number of amides is 3. The van der Waals surface area contributed by atoms with Crippen LogP contribution in [-0.2, 0) is 4.79 Å². The van der Waals surface area contributed by atoms with Crippen molar-refractivity contribution in [1.29, 1.82) is 0 Å². The SMILES string of the molecule is CC(C(=O)Nc1ccc(Oc2cccc3ccccc23)cc1)N1C(=O)c2ccccc2C1=O. The number of nitrogens with zero attached hydrogens (tertiary/aromatic N) is 1. The van der Waals surface area contributed by atoms with Crippen molar-refractivity contribution in [3.63, 3.8) is 0 Å². The Kier molecular flexibility index (Phi) is 5.11. The van der Waals surface area contributed by atoms with Gasteiger partial charge in [-0.1, -0.05) is 48.5 Å². The number of hydrogen-bond donors (Lipinski definition) is 1. The lowest BCUT2D eigenvalue weighted by Crippen LogP contribution is -2.45. The fourth-order valence-corrected chi connectivity index (χ4v) is 3.94. The minimum absolute atomic E-state index is 0.317. The van der Waals surface area contributed by atoms with E-state index in [0.29, 0.717) is 22.6 Å². The molecule has 162 valence electrons. The van der Waals surface area contributed by atoms with Gasteiger partial charge >= 0.3 is 0 Å². The number of imide groups is 1. The summed E-state index contributed by atoms with van der Waals surface area (Å²) in [5.74, 6) is -0.0109. The lowest BCUT2D eigenvalue weighted by Gasteiger charge is -2.21. The predicted molar refractivity (Wildman–Crippen MR) is 125 cm³/mol. The first-order valence-corrected chi connectivity index (χ1v) is 10.6. The molecule has 1 atom stereocenters. The second kappa shape index (κ2) is 8.24. The summed E-state index contributed by atoms with van der Waals surface area (Å²) in [6, 6.07) is 26.4. The number of benzene rings is 4. The Bertz CT molecular complexity index is 1350. The zero-order valence-electron chi connectivity index (χ0n) is 17.8. The Labute approximate surface area is 190 Å². The number of ether oxygens (including phenoxy) is 1. The Hall–Kier alpha value is -4.45. The number of carbonyl (C=O) groups is 3. The van der Waals surface area contributed by atoms with E-state index in [4.69, 9.17) is 4.74 Å². The second-order valence-corrected chi connectivity index (χ2v) is 7.79. The van der Waals surface area contributed by atoms with E-state index < -0.39 is 23.8 Å². The molecule has 33 heavy (non-hydrogen) atoms. The molecule has 6 heteroatoms. The number of rotatable bonds is 5. The van der Waals surface area contributed by atoms with Crippen LogP contribution in [0.3, 0.4) is 0 Å². The van der Waals surface area contributed by atoms with Crippen LogP contribution in [0.2, 0.25) is 0 Å². The van der Waals surface area contributed by atoms with Crippen molar-refractivity contribution in [2.45, 2.75) is 13.0 Å². The standard InChI is InChI=1S/C27H20N2O4/c1-17(29-26(31)22-10-4-5-11-23(22)27(29)32)25(30)28-19-13-15-20(16-14-19)33-24-12-6-8-18-7-2-3-9-21(18)24/h2-17H,1H3,(H,28,30). The topological polar surface area (TPSA) is 75.7 Å². The molecule has 1 heterocycles. The minimum atomic E-state index is -0.955. The summed E-state index contributed by atoms with van der Waals surface area (Å²) < 4.78 is 6.03. The van der Waals surface area contributed by atoms with E-state index >= 15 is 0 Å². The summed E-state index contributed by atoms with van der Waals surface area (Å²) in [4.78, 5) is 39.0. The summed E-state index contributed by atoms with van der Waals surface area (Å²) in [5, 5.41) is 4.86. The quantitative estimate of drug-likeness (QED) is 0.433. The Morgan fingerprint density at radius 1 is 0.788 bits per heavy atom. The molecule has 4 aromatic rings. The van der Waals surface area contributed by atoms with Gasteiger partial charge in [-0.3, -0.25) is 19.3 Å². The van der Waals surface area contributed by atoms with Crippen LogP contribution >= 0.6 is 0 Å². The Morgan fingerprint density at radius 3 is 2.09 bits per heavy atom. The van der Waals surface area contributed by atoms with Gasteiger partial charge in [0.1, 0.15) is 17.5 Å². The molecule has 0 radical (unpaired) electrons. The highest BCUT2D eigenvalue weighted by Gasteiger charge is 2.40. The first-order chi connectivity index (χ1) is 16.0. The summed E-state index contributed by atoms with van der Waals surface area (Å²) in [6.07, 6.45) is 0. The lowest BCUT2D eigenvalue weighted by atomic mass is 10.1. The summed E-state index contributed by atoms with van der Waals surface area (Å²) >= 11 is 0. The predicted octanol–water partition coefficient (Wildman–Crippen LogP) is 5.26. The van der Waals surface area contributed by atoms with Crippen LogP contribution in [0, 0.1) is 0 Å². The maximum atomic E-state index is 12.8. The van der Waals surface area contributed by atoms with E-state index in [1.165, 1.54) is 6.92 Å². The molecule has 3 amide bonds. The van der Waals surface area contributed by atoms with Crippen molar-refractivity contribution in [3.05, 3.63) is 102 Å². The zero-order chi connectivity index (χ0) is 22.9. The monoisotopic (exact) mass is 436 g/mol. The molecule has 1 aliphatic rings. The summed E-state index contributed by atoms with van der Waals surface area (Å²) in [7, 11) is 0. The molecule has 0 spiro atoms. The molecule has 0 saturated heterocycles. The Morgan fingerprint density at radius 2 is 1.39 bits per heavy atom. The van der Waals surface area contributed by atoms with Crippen molar-refractivity contribution < 1.29 is 19.1 Å². The maximum absolute atomic E-state index is 12.8. The molecule has 6 nitrogen and oxygen atoms in total. The van der Waals surface area contributed by atoms with Crippen molar-refractivity contribution in [2.24, 2.45) is 0 Å². The van der Waals surface area contributed by atoms with Gasteiger partial charge in [-0.2, -0.15) is 0 Å². The van der Waals surface area contributed by atoms with Gasteiger partial charge < -0.3 is 10.1 Å². The number of fused-ring (bicyclic) bond motifs is 2. The second-order valence-electron chi connectivity index (χ2n) is 7.79. The van der Waals surface area contributed by atoms with Crippen LogP contribution in [0.15, 0.2) is 91.0 Å². The van der Waals surface area contributed by atoms with Crippen LogP contribution in [0.1, 0.15) is 27.6 Å². The average molecular weight is 436 g/mol. The molecule has 1 N–H and O–H groups in total. The van der Waals surface area contributed by atoms with Crippen molar-refractivity contribution in [1.82, 2.24) is 4.90 Å². The molecule has 1 unspecified atom stereocenters. The van der Waals surface area contributed by atoms with Gasteiger partial charge in [0.25, 0.3) is 11.8 Å². The minimum Gasteiger partial charge on any atom is -0.457 e. The van der Waals surface area contributed by atoms with Gasteiger partial charge in [0.05, 0.1) is 11.1 Å². The number of carbonyl (C=O) groups excluding carboxylic acids is 3. The van der Waals surface area contributed by atoms with Crippen molar-refractivity contribution in [3.8, 4) is 11.5 Å². The van der Waals surface area contributed by atoms with Crippen LogP contribution in [-0.4, -0.2) is 28.7 Å². The normalized spacial score (nSPS) is 13.7. The first kappa shape index (κ1) is 20.5. The van der Waals surface area contributed by atoms with E-state index in [1.807, 2.05) is 42.5 Å². The molecule has 0 aliphatic carbocycles.